The Morgan fingerprint density at radius 1 is 0.971 bits per heavy atom. The molecule has 3 rings (SSSR count). The highest BCUT2D eigenvalue weighted by atomic mass is 35.5. The molecule has 1 heterocycles. The predicted molar refractivity (Wildman–Crippen MR) is 132 cm³/mol. The summed E-state index contributed by atoms with van der Waals surface area (Å²) < 4.78 is 17.7. The number of hydrogen-bond donors (Lipinski definition) is 1. The Kier molecular flexibility index (Phi) is 8.23. The van der Waals surface area contributed by atoms with Gasteiger partial charge in [0.25, 0.3) is 5.91 Å². The minimum Gasteiger partial charge on any atom is -0.493 e. The number of carbonyl (C=O) groups is 2. The average Bonchev–Trinajstić information content (AvgIpc) is 3.12. The first-order valence-electron chi connectivity index (χ1n) is 10.9. The summed E-state index contributed by atoms with van der Waals surface area (Å²) in [6, 6.07) is 13.0. The summed E-state index contributed by atoms with van der Waals surface area (Å²) in [4.78, 5) is 24.5. The smallest absolute Gasteiger partial charge is 0.305 e. The second-order valence-corrected chi connectivity index (χ2v) is 8.26. The number of benzene rings is 2. The van der Waals surface area contributed by atoms with Crippen molar-refractivity contribution in [2.75, 3.05) is 21.3 Å². The van der Waals surface area contributed by atoms with Crippen molar-refractivity contribution >= 4 is 23.5 Å². The molecule has 0 atom stereocenters. The van der Waals surface area contributed by atoms with Crippen LogP contribution in [-0.4, -0.2) is 37.8 Å². The van der Waals surface area contributed by atoms with Gasteiger partial charge in [-0.15, -0.1) is 0 Å². The van der Waals surface area contributed by atoms with Crippen molar-refractivity contribution in [1.29, 1.82) is 0 Å². The Bertz CT molecular complexity index is 1180. The van der Waals surface area contributed by atoms with E-state index in [-0.39, 0.29) is 12.4 Å². The first-order chi connectivity index (χ1) is 16.3. The van der Waals surface area contributed by atoms with Gasteiger partial charge in [-0.2, -0.15) is 0 Å². The lowest BCUT2D eigenvalue weighted by atomic mass is 9.98. The average molecular weight is 485 g/mol. The van der Waals surface area contributed by atoms with Gasteiger partial charge in [0, 0.05) is 28.5 Å². The Hall–Kier alpha value is -3.45. The van der Waals surface area contributed by atoms with Crippen molar-refractivity contribution in [3.05, 3.63) is 70.0 Å². The molecule has 7 nitrogen and oxygen atoms in total. The van der Waals surface area contributed by atoms with Crippen LogP contribution in [0.15, 0.2) is 42.5 Å². The van der Waals surface area contributed by atoms with E-state index in [4.69, 9.17) is 31.5 Å². The van der Waals surface area contributed by atoms with Crippen LogP contribution in [0.4, 0.5) is 0 Å². The van der Waals surface area contributed by atoms with E-state index >= 15 is 0 Å². The lowest BCUT2D eigenvalue weighted by Gasteiger charge is -2.14. The highest BCUT2D eigenvalue weighted by Crippen LogP contribution is 2.35. The molecular formula is C26H29ClN2O5. The summed E-state index contributed by atoms with van der Waals surface area (Å²) in [6.45, 7) is 2.45. The van der Waals surface area contributed by atoms with Crippen LogP contribution < -0.4 is 15.2 Å². The predicted octanol–water partition coefficient (Wildman–Crippen LogP) is 4.58. The third-order valence-corrected chi connectivity index (χ3v) is 6.13. The molecule has 180 valence electrons. The van der Waals surface area contributed by atoms with Crippen LogP contribution in [0, 0.1) is 6.92 Å². The van der Waals surface area contributed by atoms with E-state index in [0.29, 0.717) is 41.5 Å². The SMILES string of the molecule is COC(=O)CCc1c(-c2ccc(Cl)cc2)c(C(N)=O)c(C)n1CCc1ccc(OC)c(OC)c1. The van der Waals surface area contributed by atoms with Crippen LogP contribution in [-0.2, 0) is 28.9 Å². The van der Waals surface area contributed by atoms with E-state index in [9.17, 15) is 9.59 Å². The molecule has 34 heavy (non-hydrogen) atoms. The first-order valence-corrected chi connectivity index (χ1v) is 11.2. The molecule has 0 unspecified atom stereocenters. The quantitative estimate of drug-likeness (QED) is 0.425. The zero-order valence-electron chi connectivity index (χ0n) is 19.8. The van der Waals surface area contributed by atoms with E-state index in [1.54, 1.807) is 26.4 Å². The van der Waals surface area contributed by atoms with Gasteiger partial charge in [0.1, 0.15) is 0 Å². The molecule has 0 spiro atoms. The zero-order chi connectivity index (χ0) is 24.8. The van der Waals surface area contributed by atoms with E-state index in [0.717, 1.165) is 28.1 Å². The Balaban J connectivity index is 2.07. The highest BCUT2D eigenvalue weighted by molar-refractivity contribution is 6.30. The molecule has 0 aliphatic carbocycles. The zero-order valence-corrected chi connectivity index (χ0v) is 20.6. The number of aromatic nitrogens is 1. The minimum absolute atomic E-state index is 0.176. The molecule has 0 bridgehead atoms. The topological polar surface area (TPSA) is 92.8 Å². The highest BCUT2D eigenvalue weighted by Gasteiger charge is 2.25. The van der Waals surface area contributed by atoms with Crippen molar-refractivity contribution in [2.24, 2.45) is 5.73 Å². The third-order valence-electron chi connectivity index (χ3n) is 5.88. The molecule has 1 amide bonds. The van der Waals surface area contributed by atoms with Gasteiger partial charge in [0.2, 0.25) is 0 Å². The fourth-order valence-electron chi connectivity index (χ4n) is 4.19. The van der Waals surface area contributed by atoms with Crippen LogP contribution in [0.5, 0.6) is 11.5 Å². The van der Waals surface area contributed by atoms with Crippen LogP contribution in [0.25, 0.3) is 11.1 Å². The number of methoxy groups -OCH3 is 3. The van der Waals surface area contributed by atoms with E-state index in [1.807, 2.05) is 37.3 Å². The van der Waals surface area contributed by atoms with Crippen LogP contribution >= 0.6 is 11.6 Å². The molecular weight excluding hydrogens is 456 g/mol. The maximum atomic E-state index is 12.5. The molecule has 2 N–H and O–H groups in total. The second kappa shape index (κ2) is 11.1. The molecule has 8 heteroatoms. The number of nitrogens with two attached hydrogens (primary N) is 1. The molecule has 0 fully saturated rings. The molecule has 2 aromatic carbocycles. The number of ether oxygens (including phenoxy) is 3. The van der Waals surface area contributed by atoms with Crippen LogP contribution in [0.1, 0.15) is 33.7 Å². The monoisotopic (exact) mass is 484 g/mol. The maximum absolute atomic E-state index is 12.5. The first kappa shape index (κ1) is 25.2. The van der Waals surface area contributed by atoms with Gasteiger partial charge >= 0.3 is 5.97 Å². The van der Waals surface area contributed by atoms with Gasteiger partial charge < -0.3 is 24.5 Å². The van der Waals surface area contributed by atoms with Crippen molar-refractivity contribution in [1.82, 2.24) is 4.57 Å². The summed E-state index contributed by atoms with van der Waals surface area (Å²) in [6.07, 6.45) is 1.24. The molecule has 0 saturated heterocycles. The van der Waals surface area contributed by atoms with Crippen molar-refractivity contribution < 1.29 is 23.8 Å². The lowest BCUT2D eigenvalue weighted by Crippen LogP contribution is -2.14. The van der Waals surface area contributed by atoms with E-state index in [1.165, 1.54) is 7.11 Å². The third kappa shape index (κ3) is 5.37. The fraction of sp³-hybridized carbons (Fsp3) is 0.308. The van der Waals surface area contributed by atoms with Crippen molar-refractivity contribution in [3.8, 4) is 22.6 Å². The molecule has 0 radical (unpaired) electrons. The number of aryl methyl sites for hydroxylation is 1. The molecule has 0 aliphatic heterocycles. The summed E-state index contributed by atoms with van der Waals surface area (Å²) in [5.74, 6) is 0.456. The van der Waals surface area contributed by atoms with Gasteiger partial charge in [0.15, 0.2) is 11.5 Å². The maximum Gasteiger partial charge on any atom is 0.305 e. The molecule has 0 aliphatic rings. The largest absolute Gasteiger partial charge is 0.493 e. The van der Waals surface area contributed by atoms with Crippen molar-refractivity contribution in [2.45, 2.75) is 32.7 Å². The minimum atomic E-state index is -0.522. The number of hydrogen-bond acceptors (Lipinski definition) is 5. The van der Waals surface area contributed by atoms with E-state index < -0.39 is 5.91 Å². The summed E-state index contributed by atoms with van der Waals surface area (Å²) in [5, 5.41) is 0.588. The number of amides is 1. The summed E-state index contributed by atoms with van der Waals surface area (Å²) in [5.41, 5.74) is 10.4. The number of rotatable bonds is 10. The van der Waals surface area contributed by atoms with Crippen molar-refractivity contribution in [3.63, 3.8) is 0 Å². The van der Waals surface area contributed by atoms with Gasteiger partial charge in [-0.3, -0.25) is 9.59 Å². The molecule has 0 saturated carbocycles. The number of carbonyl (C=O) groups excluding carboxylic acids is 2. The summed E-state index contributed by atoms with van der Waals surface area (Å²) in [7, 11) is 4.55. The molecule has 1 aromatic heterocycles. The lowest BCUT2D eigenvalue weighted by molar-refractivity contribution is -0.140. The normalized spacial score (nSPS) is 10.7. The fourth-order valence-corrected chi connectivity index (χ4v) is 4.31. The van der Waals surface area contributed by atoms with Gasteiger partial charge in [-0.05, 0) is 55.2 Å². The Morgan fingerprint density at radius 2 is 1.65 bits per heavy atom. The number of primary amides is 1. The molecule has 3 aromatic rings. The number of nitrogens with zero attached hydrogens (tertiary/aromatic N) is 1. The van der Waals surface area contributed by atoms with Gasteiger partial charge in [-0.1, -0.05) is 29.8 Å². The second-order valence-electron chi connectivity index (χ2n) is 7.82. The van der Waals surface area contributed by atoms with E-state index in [2.05, 4.69) is 4.57 Å². The van der Waals surface area contributed by atoms with Crippen LogP contribution in [0.2, 0.25) is 5.02 Å². The van der Waals surface area contributed by atoms with Gasteiger partial charge in [-0.25, -0.2) is 0 Å². The summed E-state index contributed by atoms with van der Waals surface area (Å²) >= 11 is 6.09. The number of esters is 1. The standard InChI is InChI=1S/C26H29ClN2O5/c1-16-24(26(28)31)25(18-6-8-19(27)9-7-18)20(10-12-23(30)34-4)29(16)14-13-17-5-11-21(32-2)22(15-17)33-3/h5-9,11,15H,10,12-14H2,1-4H3,(H2,28,31). The number of halogens is 1. The Morgan fingerprint density at radius 3 is 2.24 bits per heavy atom. The van der Waals surface area contributed by atoms with Gasteiger partial charge in [0.05, 0.1) is 33.3 Å². The van der Waals surface area contributed by atoms with Crippen LogP contribution in [0.3, 0.4) is 0 Å². The Labute approximate surface area is 204 Å².